The van der Waals surface area contributed by atoms with Crippen molar-refractivity contribution in [2.45, 2.75) is 23.5 Å². The number of hydrogen-bond acceptors (Lipinski definition) is 7. The highest BCUT2D eigenvalue weighted by molar-refractivity contribution is 7.89. The van der Waals surface area contributed by atoms with Crippen molar-refractivity contribution in [2.24, 2.45) is 0 Å². The van der Waals surface area contributed by atoms with Crippen molar-refractivity contribution in [3.63, 3.8) is 0 Å². The molecule has 27 heavy (non-hydrogen) atoms. The highest BCUT2D eigenvalue weighted by Crippen LogP contribution is 2.34. The smallest absolute Gasteiger partial charge is 0.243 e. The van der Waals surface area contributed by atoms with Crippen molar-refractivity contribution in [2.75, 3.05) is 59.7 Å². The predicted octanol–water partition coefficient (Wildman–Crippen LogP) is 0.568. The SMILES string of the molecule is COCCCN1CCO[C@H]2CN(S(=O)(=O)c3ccc4c(c3)OCCO4)C[C@@H]21. The van der Waals surface area contributed by atoms with Gasteiger partial charge >= 0.3 is 0 Å². The van der Waals surface area contributed by atoms with E-state index in [2.05, 4.69) is 4.90 Å². The summed E-state index contributed by atoms with van der Waals surface area (Å²) in [6.07, 6.45) is 0.836. The molecule has 2 saturated heterocycles. The molecule has 0 bridgehead atoms. The molecule has 8 nitrogen and oxygen atoms in total. The minimum Gasteiger partial charge on any atom is -0.486 e. The maximum atomic E-state index is 13.2. The third-order valence-electron chi connectivity index (χ3n) is 5.33. The van der Waals surface area contributed by atoms with E-state index >= 15 is 0 Å². The van der Waals surface area contributed by atoms with Crippen molar-refractivity contribution in [1.29, 1.82) is 0 Å². The number of hydrogen-bond donors (Lipinski definition) is 0. The molecule has 0 unspecified atom stereocenters. The molecule has 0 spiro atoms. The minimum absolute atomic E-state index is 0.0857. The van der Waals surface area contributed by atoms with Crippen molar-refractivity contribution >= 4 is 10.0 Å². The Kier molecular flexibility index (Phi) is 5.56. The van der Waals surface area contributed by atoms with E-state index in [1.165, 1.54) is 4.31 Å². The van der Waals surface area contributed by atoms with Crippen LogP contribution in [0.25, 0.3) is 0 Å². The van der Waals surface area contributed by atoms with Gasteiger partial charge < -0.3 is 18.9 Å². The first-order valence-corrected chi connectivity index (χ1v) is 10.8. The van der Waals surface area contributed by atoms with Crippen molar-refractivity contribution in [1.82, 2.24) is 9.21 Å². The van der Waals surface area contributed by atoms with Gasteiger partial charge in [0, 0.05) is 46.0 Å². The fourth-order valence-corrected chi connectivity index (χ4v) is 5.43. The summed E-state index contributed by atoms with van der Waals surface area (Å²) in [6.45, 7) is 4.76. The maximum absolute atomic E-state index is 13.2. The van der Waals surface area contributed by atoms with Gasteiger partial charge in [0.2, 0.25) is 10.0 Å². The lowest BCUT2D eigenvalue weighted by Gasteiger charge is -2.36. The molecular weight excluding hydrogens is 372 g/mol. The van der Waals surface area contributed by atoms with Crippen LogP contribution in [0.15, 0.2) is 23.1 Å². The van der Waals surface area contributed by atoms with E-state index in [-0.39, 0.29) is 17.0 Å². The summed E-state index contributed by atoms with van der Waals surface area (Å²) in [7, 11) is -1.92. The second kappa shape index (κ2) is 7.92. The van der Waals surface area contributed by atoms with Crippen molar-refractivity contribution < 1.29 is 27.4 Å². The topological polar surface area (TPSA) is 77.5 Å². The summed E-state index contributed by atoms with van der Waals surface area (Å²) in [5.74, 6) is 1.07. The molecule has 9 heteroatoms. The van der Waals surface area contributed by atoms with E-state index in [1.807, 2.05) is 0 Å². The number of methoxy groups -OCH3 is 1. The van der Waals surface area contributed by atoms with Crippen LogP contribution >= 0.6 is 0 Å². The lowest BCUT2D eigenvalue weighted by Crippen LogP contribution is -2.51. The second-order valence-corrected chi connectivity index (χ2v) is 8.92. The van der Waals surface area contributed by atoms with Crippen molar-refractivity contribution in [3.8, 4) is 11.5 Å². The molecule has 3 heterocycles. The van der Waals surface area contributed by atoms with Gasteiger partial charge in [0.25, 0.3) is 0 Å². The van der Waals surface area contributed by atoms with Crippen LogP contribution in [-0.4, -0.2) is 89.5 Å². The first-order valence-electron chi connectivity index (χ1n) is 9.34. The summed E-state index contributed by atoms with van der Waals surface area (Å²) < 4.78 is 49.9. The molecule has 2 atom stereocenters. The van der Waals surface area contributed by atoms with Gasteiger partial charge in [-0.15, -0.1) is 0 Å². The normalized spacial score (nSPS) is 26.1. The zero-order valence-electron chi connectivity index (χ0n) is 15.5. The first-order chi connectivity index (χ1) is 13.1. The van der Waals surface area contributed by atoms with Crippen LogP contribution in [-0.2, 0) is 19.5 Å². The summed E-state index contributed by atoms with van der Waals surface area (Å²) in [5, 5.41) is 0. The second-order valence-electron chi connectivity index (χ2n) is 6.99. The molecule has 0 saturated carbocycles. The van der Waals surface area contributed by atoms with Gasteiger partial charge in [0.05, 0.1) is 23.6 Å². The van der Waals surface area contributed by atoms with Crippen LogP contribution < -0.4 is 9.47 Å². The molecule has 1 aromatic rings. The van der Waals surface area contributed by atoms with Gasteiger partial charge in [0.15, 0.2) is 11.5 Å². The molecule has 0 amide bonds. The van der Waals surface area contributed by atoms with Gasteiger partial charge in [-0.25, -0.2) is 8.42 Å². The molecule has 0 N–H and O–H groups in total. The molecule has 2 fully saturated rings. The molecule has 3 aliphatic rings. The van der Waals surface area contributed by atoms with E-state index in [1.54, 1.807) is 25.3 Å². The van der Waals surface area contributed by atoms with Gasteiger partial charge in [-0.2, -0.15) is 4.31 Å². The average Bonchev–Trinajstić information content (AvgIpc) is 3.14. The summed E-state index contributed by atoms with van der Waals surface area (Å²) in [4.78, 5) is 2.56. The van der Waals surface area contributed by atoms with E-state index in [0.29, 0.717) is 51.0 Å². The van der Waals surface area contributed by atoms with E-state index in [9.17, 15) is 8.42 Å². The Bertz CT molecular complexity index is 771. The van der Waals surface area contributed by atoms with Gasteiger partial charge in [-0.05, 0) is 18.6 Å². The monoisotopic (exact) mass is 398 g/mol. The molecule has 0 radical (unpaired) electrons. The lowest BCUT2D eigenvalue weighted by molar-refractivity contribution is -0.0485. The lowest BCUT2D eigenvalue weighted by atomic mass is 10.1. The zero-order valence-corrected chi connectivity index (χ0v) is 16.3. The van der Waals surface area contributed by atoms with E-state index in [0.717, 1.165) is 19.5 Å². The Morgan fingerprint density at radius 1 is 1.15 bits per heavy atom. The van der Waals surface area contributed by atoms with Crippen LogP contribution in [0.4, 0.5) is 0 Å². The third-order valence-corrected chi connectivity index (χ3v) is 7.16. The Morgan fingerprint density at radius 2 is 1.96 bits per heavy atom. The minimum atomic E-state index is -3.61. The third kappa shape index (κ3) is 3.79. The number of sulfonamides is 1. The van der Waals surface area contributed by atoms with Gasteiger partial charge in [0.1, 0.15) is 13.2 Å². The molecule has 3 aliphatic heterocycles. The summed E-state index contributed by atoms with van der Waals surface area (Å²) in [6, 6.07) is 4.89. The molecule has 0 aliphatic carbocycles. The van der Waals surface area contributed by atoms with E-state index < -0.39 is 10.0 Å². The maximum Gasteiger partial charge on any atom is 0.243 e. The number of ether oxygens (including phenoxy) is 4. The Morgan fingerprint density at radius 3 is 2.78 bits per heavy atom. The first kappa shape index (κ1) is 18.9. The predicted molar refractivity (Wildman–Crippen MR) is 97.8 cm³/mol. The standard InChI is InChI=1S/C18H26N2O6S/c1-23-7-2-5-19-6-8-24-18-13-20(12-15(18)19)27(21,22)14-3-4-16-17(11-14)26-10-9-25-16/h3-4,11,15,18H,2,5-10,12-13H2,1H3/t15-,18-/m0/s1. The molecule has 4 rings (SSSR count). The van der Waals surface area contributed by atoms with Crippen LogP contribution in [0.1, 0.15) is 6.42 Å². The quantitative estimate of drug-likeness (QED) is 0.648. The highest BCUT2D eigenvalue weighted by Gasteiger charge is 2.44. The van der Waals surface area contributed by atoms with Crippen LogP contribution in [0, 0.1) is 0 Å². The Hall–Kier alpha value is -1.39. The molecule has 1 aromatic carbocycles. The van der Waals surface area contributed by atoms with Crippen LogP contribution in [0.2, 0.25) is 0 Å². The zero-order chi connectivity index (χ0) is 18.9. The fourth-order valence-electron chi connectivity index (χ4n) is 3.94. The Balaban J connectivity index is 1.50. The van der Waals surface area contributed by atoms with Crippen LogP contribution in [0.3, 0.4) is 0 Å². The molecule has 150 valence electrons. The summed E-state index contributed by atoms with van der Waals surface area (Å²) in [5.41, 5.74) is 0. The average molecular weight is 398 g/mol. The van der Waals surface area contributed by atoms with Gasteiger partial charge in [-0.3, -0.25) is 4.90 Å². The number of benzene rings is 1. The highest BCUT2D eigenvalue weighted by atomic mass is 32.2. The van der Waals surface area contributed by atoms with Crippen molar-refractivity contribution in [3.05, 3.63) is 18.2 Å². The molecule has 0 aromatic heterocycles. The number of fused-ring (bicyclic) bond motifs is 2. The van der Waals surface area contributed by atoms with E-state index in [4.69, 9.17) is 18.9 Å². The van der Waals surface area contributed by atoms with Gasteiger partial charge in [-0.1, -0.05) is 0 Å². The number of morpholine rings is 1. The fraction of sp³-hybridized carbons (Fsp3) is 0.667. The molecular formula is C18H26N2O6S. The van der Waals surface area contributed by atoms with Crippen LogP contribution in [0.5, 0.6) is 11.5 Å². The number of nitrogens with zero attached hydrogens (tertiary/aromatic N) is 2. The Labute approximate surface area is 160 Å². The number of rotatable bonds is 6. The largest absolute Gasteiger partial charge is 0.486 e. The summed E-state index contributed by atoms with van der Waals surface area (Å²) >= 11 is 0.